The van der Waals surface area contributed by atoms with Crippen LogP contribution in [0.5, 0.6) is 0 Å². The third-order valence-corrected chi connectivity index (χ3v) is 3.69. The molecule has 0 aliphatic rings. The van der Waals surface area contributed by atoms with Crippen LogP contribution in [0, 0.1) is 0 Å². The van der Waals surface area contributed by atoms with Gasteiger partial charge in [-0.2, -0.15) is 0 Å². The number of rotatable bonds is 2. The number of nitrogens with zero attached hydrogens (tertiary/aromatic N) is 3. The van der Waals surface area contributed by atoms with Crippen molar-refractivity contribution in [2.45, 2.75) is 13.3 Å². The highest BCUT2D eigenvalue weighted by atomic mass is 79.9. The summed E-state index contributed by atoms with van der Waals surface area (Å²) in [7, 11) is 0. The summed E-state index contributed by atoms with van der Waals surface area (Å²) in [6.45, 7) is 1.96. The van der Waals surface area contributed by atoms with Crippen LogP contribution < -0.4 is 5.56 Å². The van der Waals surface area contributed by atoms with Gasteiger partial charge in [0.2, 0.25) is 0 Å². The minimum absolute atomic E-state index is 0.182. The summed E-state index contributed by atoms with van der Waals surface area (Å²) in [5.74, 6) is 0.494. The van der Waals surface area contributed by atoms with Gasteiger partial charge in [-0.25, -0.2) is 9.97 Å². The van der Waals surface area contributed by atoms with Crippen molar-refractivity contribution in [2.75, 3.05) is 0 Å². The molecule has 3 rings (SSSR count). The molecule has 96 valence electrons. The Labute approximate surface area is 117 Å². The van der Waals surface area contributed by atoms with Crippen LogP contribution >= 0.6 is 15.9 Å². The molecule has 3 aromatic rings. The molecule has 0 saturated heterocycles. The van der Waals surface area contributed by atoms with Crippen LogP contribution in [0.15, 0.2) is 39.9 Å². The maximum absolute atomic E-state index is 11.8. The Morgan fingerprint density at radius 3 is 2.95 bits per heavy atom. The molecule has 3 aromatic heterocycles. The highest BCUT2D eigenvalue weighted by Gasteiger charge is 2.11. The molecule has 5 nitrogen and oxygen atoms in total. The first-order valence-electron chi connectivity index (χ1n) is 5.92. The number of nitrogens with one attached hydrogen (secondary N) is 1. The van der Waals surface area contributed by atoms with E-state index in [1.54, 1.807) is 0 Å². The number of pyridine rings is 1. The van der Waals surface area contributed by atoms with Crippen molar-refractivity contribution in [3.05, 3.63) is 51.1 Å². The fourth-order valence-electron chi connectivity index (χ4n) is 1.91. The Kier molecular flexibility index (Phi) is 2.94. The second kappa shape index (κ2) is 4.62. The smallest absolute Gasteiger partial charge is 0.265 e. The van der Waals surface area contributed by atoms with E-state index in [1.807, 2.05) is 41.9 Å². The number of halogens is 1. The zero-order valence-corrected chi connectivity index (χ0v) is 11.8. The summed E-state index contributed by atoms with van der Waals surface area (Å²) < 4.78 is 2.38. The summed E-state index contributed by atoms with van der Waals surface area (Å²) in [6, 6.07) is 5.75. The molecule has 1 N–H and O–H groups in total. The van der Waals surface area contributed by atoms with Crippen LogP contribution in [0.25, 0.3) is 17.2 Å². The van der Waals surface area contributed by atoms with E-state index in [1.165, 1.54) is 0 Å². The first kappa shape index (κ1) is 12.1. The Hall–Kier alpha value is -1.95. The lowest BCUT2D eigenvalue weighted by molar-refractivity contribution is 0.966. The second-order valence-corrected chi connectivity index (χ2v) is 4.91. The highest BCUT2D eigenvalue weighted by Crippen LogP contribution is 2.17. The molecule has 3 heterocycles. The van der Waals surface area contributed by atoms with E-state index in [9.17, 15) is 4.79 Å². The van der Waals surface area contributed by atoms with Gasteiger partial charge in [-0.3, -0.25) is 4.79 Å². The van der Waals surface area contributed by atoms with Crippen LogP contribution in [0.4, 0.5) is 0 Å². The molecule has 0 aliphatic carbocycles. The SMILES string of the molecule is CCc1nc(-c2cn3ccccc3n2)[nH]c(=O)c1Br. The molecule has 0 saturated carbocycles. The predicted molar refractivity (Wildman–Crippen MR) is 76.1 cm³/mol. The van der Waals surface area contributed by atoms with Gasteiger partial charge in [0.15, 0.2) is 5.82 Å². The lowest BCUT2D eigenvalue weighted by atomic mass is 10.3. The zero-order chi connectivity index (χ0) is 13.4. The van der Waals surface area contributed by atoms with E-state index in [-0.39, 0.29) is 5.56 Å². The molecule has 0 spiro atoms. The van der Waals surface area contributed by atoms with Gasteiger partial charge in [0, 0.05) is 12.4 Å². The van der Waals surface area contributed by atoms with Gasteiger partial charge in [-0.05, 0) is 34.5 Å². The summed E-state index contributed by atoms with van der Waals surface area (Å²) in [5.41, 5.74) is 2.03. The summed E-state index contributed by atoms with van der Waals surface area (Å²) in [4.78, 5) is 23.5. The number of fused-ring (bicyclic) bond motifs is 1. The molecule has 19 heavy (non-hydrogen) atoms. The van der Waals surface area contributed by atoms with Crippen molar-refractivity contribution in [3.63, 3.8) is 0 Å². The third kappa shape index (κ3) is 2.08. The number of hydrogen-bond donors (Lipinski definition) is 1. The van der Waals surface area contributed by atoms with E-state index >= 15 is 0 Å². The van der Waals surface area contributed by atoms with Gasteiger partial charge in [0.25, 0.3) is 5.56 Å². The number of aryl methyl sites for hydroxylation is 1. The number of aromatic nitrogens is 4. The van der Waals surface area contributed by atoms with Gasteiger partial charge in [-0.1, -0.05) is 13.0 Å². The molecule has 0 bridgehead atoms. The molecule has 0 unspecified atom stereocenters. The fourth-order valence-corrected chi connectivity index (χ4v) is 2.38. The van der Waals surface area contributed by atoms with E-state index in [2.05, 4.69) is 30.9 Å². The molecular weight excluding hydrogens is 308 g/mol. The molecular formula is C13H11BrN4O. The van der Waals surface area contributed by atoms with Crippen molar-refractivity contribution in [1.82, 2.24) is 19.4 Å². The minimum atomic E-state index is -0.182. The van der Waals surface area contributed by atoms with Crippen LogP contribution in [0.1, 0.15) is 12.6 Å². The maximum Gasteiger partial charge on any atom is 0.265 e. The topological polar surface area (TPSA) is 63.1 Å². The van der Waals surface area contributed by atoms with E-state index in [0.29, 0.717) is 22.4 Å². The normalized spacial score (nSPS) is 11.1. The lowest BCUT2D eigenvalue weighted by Gasteiger charge is -2.02. The van der Waals surface area contributed by atoms with Gasteiger partial charge in [0.1, 0.15) is 15.8 Å². The van der Waals surface area contributed by atoms with E-state index in [4.69, 9.17) is 0 Å². The first-order valence-corrected chi connectivity index (χ1v) is 6.71. The number of H-pyrrole nitrogens is 1. The zero-order valence-electron chi connectivity index (χ0n) is 10.2. The monoisotopic (exact) mass is 318 g/mol. The Morgan fingerprint density at radius 2 is 2.21 bits per heavy atom. The summed E-state index contributed by atoms with van der Waals surface area (Å²) in [5, 5.41) is 0. The van der Waals surface area contributed by atoms with Crippen LogP contribution in [0.3, 0.4) is 0 Å². The maximum atomic E-state index is 11.8. The summed E-state index contributed by atoms with van der Waals surface area (Å²) >= 11 is 3.25. The molecule has 0 amide bonds. The number of imidazole rings is 1. The third-order valence-electron chi connectivity index (χ3n) is 2.87. The Morgan fingerprint density at radius 1 is 1.37 bits per heavy atom. The van der Waals surface area contributed by atoms with Crippen molar-refractivity contribution < 1.29 is 0 Å². The first-order chi connectivity index (χ1) is 9.19. The fraction of sp³-hybridized carbons (Fsp3) is 0.154. The van der Waals surface area contributed by atoms with Crippen molar-refractivity contribution >= 4 is 21.6 Å². The molecule has 0 atom stereocenters. The average Bonchev–Trinajstić information content (AvgIpc) is 2.85. The second-order valence-electron chi connectivity index (χ2n) is 4.12. The Balaban J connectivity index is 2.21. The van der Waals surface area contributed by atoms with Gasteiger partial charge in [0.05, 0.1) is 5.69 Å². The molecule has 0 aliphatic heterocycles. The van der Waals surface area contributed by atoms with E-state index < -0.39 is 0 Å². The predicted octanol–water partition coefficient (Wildman–Crippen LogP) is 2.41. The van der Waals surface area contributed by atoms with Gasteiger partial charge >= 0.3 is 0 Å². The average molecular weight is 319 g/mol. The van der Waals surface area contributed by atoms with Gasteiger partial charge < -0.3 is 9.38 Å². The lowest BCUT2D eigenvalue weighted by Crippen LogP contribution is -2.13. The largest absolute Gasteiger partial charge is 0.306 e. The van der Waals surface area contributed by atoms with Crippen molar-refractivity contribution in [1.29, 1.82) is 0 Å². The van der Waals surface area contributed by atoms with Crippen LogP contribution in [-0.4, -0.2) is 19.4 Å². The molecule has 0 fully saturated rings. The Bertz CT molecular complexity index is 773. The standard InChI is InChI=1S/C13H11BrN4O/c1-2-8-11(14)13(19)17-12(16-8)9-7-18-6-4-3-5-10(18)15-9/h3-7H,2H2,1H3,(H,16,17,19). The molecule has 0 radical (unpaired) electrons. The van der Waals surface area contributed by atoms with Crippen LogP contribution in [0.2, 0.25) is 0 Å². The van der Waals surface area contributed by atoms with E-state index in [0.717, 1.165) is 11.3 Å². The summed E-state index contributed by atoms with van der Waals surface area (Å²) in [6.07, 6.45) is 4.44. The van der Waals surface area contributed by atoms with Crippen molar-refractivity contribution in [3.8, 4) is 11.5 Å². The number of aromatic amines is 1. The number of hydrogen-bond acceptors (Lipinski definition) is 3. The highest BCUT2D eigenvalue weighted by molar-refractivity contribution is 9.10. The molecule has 6 heteroatoms. The van der Waals surface area contributed by atoms with Crippen LogP contribution in [-0.2, 0) is 6.42 Å². The molecule has 0 aromatic carbocycles. The van der Waals surface area contributed by atoms with Crippen molar-refractivity contribution in [2.24, 2.45) is 0 Å². The minimum Gasteiger partial charge on any atom is -0.306 e. The quantitative estimate of drug-likeness (QED) is 0.789. The van der Waals surface area contributed by atoms with Gasteiger partial charge in [-0.15, -0.1) is 0 Å².